The number of nitrogens with one attached hydrogen (secondary N) is 1. The molecule has 1 fully saturated rings. The molecule has 1 aliphatic rings. The zero-order chi connectivity index (χ0) is 23.6. The highest BCUT2D eigenvalue weighted by molar-refractivity contribution is 6.04. The van der Waals surface area contributed by atoms with Crippen LogP contribution in [0.15, 0.2) is 48.5 Å². The molecule has 0 saturated carbocycles. The maximum Gasteiger partial charge on any atom is 0.435 e. The Morgan fingerprint density at radius 1 is 1.03 bits per heavy atom. The normalized spacial score (nSPS) is 14.2. The number of hydrogen-bond donors (Lipinski definition) is 1. The largest absolute Gasteiger partial charge is 0.435 e. The Bertz CT molecular complexity index is 1170. The first kappa shape index (κ1) is 22.4. The van der Waals surface area contributed by atoms with E-state index in [9.17, 15) is 27.2 Å². The van der Waals surface area contributed by atoms with E-state index in [0.29, 0.717) is 31.0 Å². The fourth-order valence-electron chi connectivity index (χ4n) is 3.32. The van der Waals surface area contributed by atoms with Crippen molar-refractivity contribution in [3.63, 3.8) is 0 Å². The summed E-state index contributed by atoms with van der Waals surface area (Å²) in [5, 5.41) is 9.18. The van der Waals surface area contributed by atoms with Gasteiger partial charge in [0.1, 0.15) is 5.82 Å². The maximum absolute atomic E-state index is 13.8. The van der Waals surface area contributed by atoms with Crippen LogP contribution in [0.1, 0.15) is 26.5 Å². The van der Waals surface area contributed by atoms with Crippen LogP contribution in [0.3, 0.4) is 0 Å². The van der Waals surface area contributed by atoms with Crippen molar-refractivity contribution in [1.29, 1.82) is 0 Å². The number of ether oxygens (including phenoxy) is 1. The summed E-state index contributed by atoms with van der Waals surface area (Å²) in [4.78, 5) is 26.9. The molecular weight excluding hydrogens is 446 g/mol. The maximum atomic E-state index is 13.8. The molecular formula is C21H17F4N5O3. The number of carbonyl (C=O) groups is 2. The average molecular weight is 463 g/mol. The second kappa shape index (κ2) is 8.98. The summed E-state index contributed by atoms with van der Waals surface area (Å²) in [7, 11) is 0. The Morgan fingerprint density at radius 2 is 1.73 bits per heavy atom. The van der Waals surface area contributed by atoms with Crippen molar-refractivity contribution in [2.75, 3.05) is 31.6 Å². The molecule has 33 heavy (non-hydrogen) atoms. The van der Waals surface area contributed by atoms with Crippen molar-refractivity contribution in [2.24, 2.45) is 0 Å². The fourth-order valence-corrected chi connectivity index (χ4v) is 3.32. The minimum Gasteiger partial charge on any atom is -0.378 e. The van der Waals surface area contributed by atoms with E-state index in [1.165, 1.54) is 18.2 Å². The topological polar surface area (TPSA) is 89.3 Å². The third-order valence-electron chi connectivity index (χ3n) is 4.89. The van der Waals surface area contributed by atoms with Crippen LogP contribution in [0.25, 0.3) is 5.69 Å². The molecule has 1 N–H and O–H groups in total. The molecule has 12 heteroatoms. The first-order chi connectivity index (χ1) is 15.7. The van der Waals surface area contributed by atoms with Gasteiger partial charge in [-0.15, -0.1) is 5.10 Å². The lowest BCUT2D eigenvalue weighted by Crippen LogP contribution is -2.40. The van der Waals surface area contributed by atoms with Gasteiger partial charge in [0.05, 0.1) is 18.9 Å². The quantitative estimate of drug-likeness (QED) is 0.601. The number of alkyl halides is 3. The summed E-state index contributed by atoms with van der Waals surface area (Å²) in [6.07, 6.45) is -4.97. The van der Waals surface area contributed by atoms with Gasteiger partial charge in [0, 0.05) is 24.3 Å². The zero-order valence-corrected chi connectivity index (χ0v) is 17.0. The molecule has 8 nitrogen and oxygen atoms in total. The molecule has 172 valence electrons. The van der Waals surface area contributed by atoms with E-state index in [4.69, 9.17) is 4.74 Å². The second-order valence-electron chi connectivity index (χ2n) is 7.11. The minimum atomic E-state index is -4.97. The number of nitrogens with zero attached hydrogens (tertiary/aromatic N) is 4. The van der Waals surface area contributed by atoms with Gasteiger partial charge in [-0.25, -0.2) is 9.07 Å². The highest BCUT2D eigenvalue weighted by Gasteiger charge is 2.42. The predicted octanol–water partition coefficient (Wildman–Crippen LogP) is 3.15. The van der Waals surface area contributed by atoms with E-state index < -0.39 is 29.3 Å². The second-order valence-corrected chi connectivity index (χ2v) is 7.11. The number of amides is 2. The Balaban J connectivity index is 1.60. The highest BCUT2D eigenvalue weighted by atomic mass is 19.4. The molecule has 0 atom stereocenters. The molecule has 2 amide bonds. The molecule has 0 aliphatic carbocycles. The number of aromatic nitrogens is 3. The van der Waals surface area contributed by atoms with E-state index in [0.717, 1.165) is 24.3 Å². The van der Waals surface area contributed by atoms with Gasteiger partial charge < -0.3 is 15.0 Å². The third-order valence-corrected chi connectivity index (χ3v) is 4.89. The summed E-state index contributed by atoms with van der Waals surface area (Å²) in [6.45, 7) is 1.64. The van der Waals surface area contributed by atoms with Gasteiger partial charge in [-0.2, -0.15) is 13.2 Å². The summed E-state index contributed by atoms with van der Waals surface area (Å²) < 4.78 is 60.1. The number of hydrogen-bond acceptors (Lipinski definition) is 5. The van der Waals surface area contributed by atoms with E-state index in [-0.39, 0.29) is 22.8 Å². The Morgan fingerprint density at radius 3 is 2.39 bits per heavy atom. The van der Waals surface area contributed by atoms with E-state index in [1.54, 1.807) is 11.0 Å². The van der Waals surface area contributed by atoms with Crippen LogP contribution in [0.4, 0.5) is 23.2 Å². The monoisotopic (exact) mass is 463 g/mol. The first-order valence-corrected chi connectivity index (χ1v) is 9.81. The molecule has 0 bridgehead atoms. The van der Waals surface area contributed by atoms with Crippen molar-refractivity contribution in [3.05, 3.63) is 71.3 Å². The van der Waals surface area contributed by atoms with Crippen LogP contribution < -0.4 is 5.32 Å². The summed E-state index contributed by atoms with van der Waals surface area (Å²) in [5.74, 6) is -2.09. The van der Waals surface area contributed by atoms with Gasteiger partial charge in [0.2, 0.25) is 0 Å². The lowest BCUT2D eigenvalue weighted by molar-refractivity contribution is -0.143. The van der Waals surface area contributed by atoms with Gasteiger partial charge in [-0.3, -0.25) is 9.59 Å². The fraction of sp³-hybridized carbons (Fsp3) is 0.238. The summed E-state index contributed by atoms with van der Waals surface area (Å²) >= 11 is 0. The average Bonchev–Trinajstić information content (AvgIpc) is 3.26. The Kier molecular flexibility index (Phi) is 6.09. The number of rotatable bonds is 4. The lowest BCUT2D eigenvalue weighted by Gasteiger charge is -2.27. The van der Waals surface area contributed by atoms with Crippen LogP contribution in [0.2, 0.25) is 0 Å². The third kappa shape index (κ3) is 4.85. The van der Waals surface area contributed by atoms with Crippen molar-refractivity contribution in [1.82, 2.24) is 19.9 Å². The van der Waals surface area contributed by atoms with Gasteiger partial charge in [-0.1, -0.05) is 11.3 Å². The number of carbonyl (C=O) groups excluding carboxylic acids is 2. The van der Waals surface area contributed by atoms with Crippen LogP contribution >= 0.6 is 0 Å². The Labute approximate surface area is 184 Å². The standard InChI is InChI=1S/C21H17F4N5O3/c22-14-4-6-16(7-5-14)30-18(21(23,24)25)17(27-28-30)19(31)26-15-3-1-2-13(12-15)20(32)29-8-10-33-11-9-29/h1-7,12H,8-11H2,(H,26,31). The van der Waals surface area contributed by atoms with Crippen LogP contribution in [-0.2, 0) is 10.9 Å². The van der Waals surface area contributed by atoms with Gasteiger partial charge in [0.25, 0.3) is 11.8 Å². The van der Waals surface area contributed by atoms with Crippen molar-refractivity contribution in [3.8, 4) is 5.69 Å². The SMILES string of the molecule is O=C(Nc1cccc(C(=O)N2CCOCC2)c1)c1nnn(-c2ccc(F)cc2)c1C(F)(F)F. The number of benzene rings is 2. The molecule has 1 aromatic heterocycles. The molecule has 3 aromatic rings. The minimum absolute atomic E-state index is 0.114. The molecule has 1 saturated heterocycles. The molecule has 2 heterocycles. The number of halogens is 4. The number of morpholine rings is 1. The zero-order valence-electron chi connectivity index (χ0n) is 17.0. The van der Waals surface area contributed by atoms with Gasteiger partial charge in [-0.05, 0) is 42.5 Å². The smallest absolute Gasteiger partial charge is 0.378 e. The molecule has 0 spiro atoms. The lowest BCUT2D eigenvalue weighted by atomic mass is 10.1. The number of anilines is 1. The first-order valence-electron chi connectivity index (χ1n) is 9.81. The molecule has 1 aliphatic heterocycles. The molecule has 0 radical (unpaired) electrons. The van der Waals surface area contributed by atoms with E-state index in [2.05, 4.69) is 15.6 Å². The van der Waals surface area contributed by atoms with E-state index in [1.807, 2.05) is 0 Å². The van der Waals surface area contributed by atoms with Gasteiger partial charge >= 0.3 is 6.18 Å². The predicted molar refractivity (Wildman–Crippen MR) is 107 cm³/mol. The highest BCUT2D eigenvalue weighted by Crippen LogP contribution is 2.33. The van der Waals surface area contributed by atoms with E-state index >= 15 is 0 Å². The molecule has 2 aromatic carbocycles. The van der Waals surface area contributed by atoms with Crippen molar-refractivity contribution < 1.29 is 31.9 Å². The molecule has 0 unspecified atom stereocenters. The summed E-state index contributed by atoms with van der Waals surface area (Å²) in [5.41, 5.74) is -2.11. The summed E-state index contributed by atoms with van der Waals surface area (Å²) in [6, 6.07) is 9.95. The van der Waals surface area contributed by atoms with Crippen molar-refractivity contribution >= 4 is 17.5 Å². The van der Waals surface area contributed by atoms with Crippen LogP contribution in [0, 0.1) is 5.82 Å². The van der Waals surface area contributed by atoms with Crippen LogP contribution in [0.5, 0.6) is 0 Å². The van der Waals surface area contributed by atoms with Crippen molar-refractivity contribution in [2.45, 2.75) is 6.18 Å². The molecule has 4 rings (SSSR count). The Hall–Kier alpha value is -3.80. The van der Waals surface area contributed by atoms with Gasteiger partial charge in [0.15, 0.2) is 11.4 Å². The van der Waals surface area contributed by atoms with Crippen LogP contribution in [-0.4, -0.2) is 58.0 Å².